The van der Waals surface area contributed by atoms with Crippen LogP contribution in [0, 0.1) is 5.92 Å². The molecule has 0 spiro atoms. The zero-order chi connectivity index (χ0) is 23.9. The van der Waals surface area contributed by atoms with Gasteiger partial charge in [-0.25, -0.2) is 0 Å². The van der Waals surface area contributed by atoms with E-state index in [1.54, 1.807) is 0 Å². The van der Waals surface area contributed by atoms with Gasteiger partial charge in [0.05, 0.1) is 32.5 Å². The maximum atomic E-state index is 12.3. The molecule has 0 aromatic rings. The van der Waals surface area contributed by atoms with Crippen LogP contribution in [0.15, 0.2) is 0 Å². The Kier molecular flexibility index (Phi) is 16.1. The van der Waals surface area contributed by atoms with E-state index in [0.29, 0.717) is 37.9 Å². The number of thioether (sulfide) groups is 1. The normalized spacial score (nSPS) is 12.9. The number of ketones is 2. The second-order valence-electron chi connectivity index (χ2n) is 8.97. The molecule has 0 heterocycles. The zero-order valence-electron chi connectivity index (χ0n) is 20.5. The van der Waals surface area contributed by atoms with Crippen LogP contribution in [0.2, 0.25) is 0 Å². The summed E-state index contributed by atoms with van der Waals surface area (Å²) < 4.78 is 16.7. The first-order chi connectivity index (χ1) is 14.4. The number of hydrogen-bond acceptors (Lipinski definition) is 7. The van der Waals surface area contributed by atoms with Crippen LogP contribution >= 0.6 is 11.8 Å². The minimum Gasteiger partial charge on any atom is -0.379 e. The molecule has 31 heavy (non-hydrogen) atoms. The van der Waals surface area contributed by atoms with Crippen molar-refractivity contribution < 1.29 is 28.6 Å². The van der Waals surface area contributed by atoms with Gasteiger partial charge in [-0.15, -0.1) is 0 Å². The number of amides is 1. The van der Waals surface area contributed by atoms with Gasteiger partial charge in [-0.05, 0) is 18.6 Å². The van der Waals surface area contributed by atoms with Crippen molar-refractivity contribution in [1.82, 2.24) is 5.32 Å². The largest absolute Gasteiger partial charge is 0.379 e. The van der Waals surface area contributed by atoms with Gasteiger partial charge in [-0.3, -0.25) is 14.4 Å². The third kappa shape index (κ3) is 18.3. The van der Waals surface area contributed by atoms with Crippen LogP contribution in [0.5, 0.6) is 0 Å². The smallest absolute Gasteiger partial charge is 0.246 e. The molecule has 1 amide bonds. The molecule has 0 aliphatic rings. The summed E-state index contributed by atoms with van der Waals surface area (Å²) in [6.07, 6.45) is 1.53. The van der Waals surface area contributed by atoms with Gasteiger partial charge in [0.2, 0.25) is 5.91 Å². The summed E-state index contributed by atoms with van der Waals surface area (Å²) in [6.45, 7) is 15.5. The van der Waals surface area contributed by atoms with Crippen molar-refractivity contribution >= 4 is 29.2 Å². The van der Waals surface area contributed by atoms with E-state index < -0.39 is 0 Å². The third-order valence-electron chi connectivity index (χ3n) is 4.37. The molecule has 0 saturated heterocycles. The van der Waals surface area contributed by atoms with Gasteiger partial charge in [0.1, 0.15) is 18.2 Å². The van der Waals surface area contributed by atoms with Gasteiger partial charge in [0.15, 0.2) is 0 Å². The molecule has 0 bridgehead atoms. The summed E-state index contributed by atoms with van der Waals surface area (Å²) in [5.41, 5.74) is 0. The molecule has 182 valence electrons. The molecule has 0 aliphatic heterocycles. The summed E-state index contributed by atoms with van der Waals surface area (Å²) in [5.74, 6) is -0.0624. The van der Waals surface area contributed by atoms with Crippen LogP contribution in [-0.2, 0) is 28.6 Å². The summed E-state index contributed by atoms with van der Waals surface area (Å²) >= 11 is 1.89. The molecule has 1 atom stereocenters. The lowest BCUT2D eigenvalue weighted by atomic mass is 10.1. The molecule has 0 radical (unpaired) electrons. The minimum absolute atomic E-state index is 0.0184. The standard InChI is InChI=1S/C23H43NO6S/c1-17(2)21(26)9-12-29-15-20(14-28-11-8-19(5)25)24-22(27)16-30-13-10-23(6,7)31-18(3)4/h17-18,20H,8-16H2,1-7H3,(H,24,27). The number of Topliss-reactive ketones (excluding diaryl/α,β-unsaturated/α-hetero) is 2. The second kappa shape index (κ2) is 16.6. The highest BCUT2D eigenvalue weighted by atomic mass is 32.2. The van der Waals surface area contributed by atoms with Crippen molar-refractivity contribution in [2.24, 2.45) is 5.92 Å². The van der Waals surface area contributed by atoms with E-state index in [4.69, 9.17) is 14.2 Å². The molecule has 0 aliphatic carbocycles. The minimum atomic E-state index is -0.370. The lowest BCUT2D eigenvalue weighted by molar-refractivity contribution is -0.128. The molecule has 1 N–H and O–H groups in total. The van der Waals surface area contributed by atoms with Crippen molar-refractivity contribution in [3.05, 3.63) is 0 Å². The first kappa shape index (κ1) is 30.0. The first-order valence-electron chi connectivity index (χ1n) is 11.2. The Bertz CT molecular complexity index is 536. The summed E-state index contributed by atoms with van der Waals surface area (Å²) in [5, 5.41) is 3.40. The van der Waals surface area contributed by atoms with E-state index in [1.165, 1.54) is 6.92 Å². The van der Waals surface area contributed by atoms with Gasteiger partial charge < -0.3 is 19.5 Å². The highest BCUT2D eigenvalue weighted by molar-refractivity contribution is 8.01. The predicted molar refractivity (Wildman–Crippen MR) is 126 cm³/mol. The maximum Gasteiger partial charge on any atom is 0.246 e. The van der Waals surface area contributed by atoms with Gasteiger partial charge in [0.25, 0.3) is 0 Å². The van der Waals surface area contributed by atoms with E-state index in [-0.39, 0.29) is 54.0 Å². The van der Waals surface area contributed by atoms with E-state index in [2.05, 4.69) is 33.0 Å². The lowest BCUT2D eigenvalue weighted by Crippen LogP contribution is -2.43. The fourth-order valence-corrected chi connectivity index (χ4v) is 4.19. The second-order valence-corrected chi connectivity index (χ2v) is 11.2. The van der Waals surface area contributed by atoms with E-state index >= 15 is 0 Å². The number of hydrogen-bond donors (Lipinski definition) is 1. The molecular formula is C23H43NO6S. The van der Waals surface area contributed by atoms with E-state index in [1.807, 2.05) is 25.6 Å². The quantitative estimate of drug-likeness (QED) is 0.295. The number of carbonyl (C=O) groups excluding carboxylic acids is 3. The Hall–Kier alpha value is -0.960. The molecule has 0 aromatic carbocycles. The van der Waals surface area contributed by atoms with Crippen LogP contribution in [0.3, 0.4) is 0 Å². The molecule has 0 rings (SSSR count). The van der Waals surface area contributed by atoms with Gasteiger partial charge in [-0.1, -0.05) is 41.5 Å². The molecule has 7 nitrogen and oxygen atoms in total. The van der Waals surface area contributed by atoms with Crippen LogP contribution in [0.25, 0.3) is 0 Å². The Morgan fingerprint density at radius 1 is 0.903 bits per heavy atom. The summed E-state index contributed by atoms with van der Waals surface area (Å²) in [7, 11) is 0. The molecule has 0 fully saturated rings. The molecule has 1 unspecified atom stereocenters. The Balaban J connectivity index is 4.36. The van der Waals surface area contributed by atoms with Gasteiger partial charge >= 0.3 is 0 Å². The average molecular weight is 462 g/mol. The van der Waals surface area contributed by atoms with Gasteiger partial charge in [-0.2, -0.15) is 11.8 Å². The number of nitrogens with one attached hydrogen (secondary N) is 1. The third-order valence-corrected chi connectivity index (χ3v) is 5.69. The Labute approximate surface area is 192 Å². The predicted octanol–water partition coefficient (Wildman–Crippen LogP) is 3.43. The number of rotatable bonds is 19. The van der Waals surface area contributed by atoms with Crippen molar-refractivity contribution in [3.63, 3.8) is 0 Å². The molecule has 8 heteroatoms. The van der Waals surface area contributed by atoms with Crippen molar-refractivity contribution in [2.75, 3.05) is 39.6 Å². The summed E-state index contributed by atoms with van der Waals surface area (Å²) in [6, 6.07) is -0.370. The monoisotopic (exact) mass is 461 g/mol. The van der Waals surface area contributed by atoms with Crippen LogP contribution in [0.4, 0.5) is 0 Å². The van der Waals surface area contributed by atoms with Crippen LogP contribution in [0.1, 0.15) is 67.7 Å². The lowest BCUT2D eigenvalue weighted by Gasteiger charge is -2.26. The van der Waals surface area contributed by atoms with Crippen LogP contribution < -0.4 is 5.32 Å². The fourth-order valence-electron chi connectivity index (χ4n) is 2.71. The highest BCUT2D eigenvalue weighted by Gasteiger charge is 2.20. The molecule has 0 aromatic heterocycles. The Morgan fingerprint density at radius 3 is 2.00 bits per heavy atom. The molecular weight excluding hydrogens is 418 g/mol. The van der Waals surface area contributed by atoms with Crippen molar-refractivity contribution in [3.8, 4) is 0 Å². The highest BCUT2D eigenvalue weighted by Crippen LogP contribution is 2.31. The van der Waals surface area contributed by atoms with Gasteiger partial charge in [0, 0.05) is 30.1 Å². The van der Waals surface area contributed by atoms with Crippen molar-refractivity contribution in [1.29, 1.82) is 0 Å². The molecule has 0 saturated carbocycles. The average Bonchev–Trinajstić information content (AvgIpc) is 2.63. The number of ether oxygens (including phenoxy) is 3. The number of carbonyl (C=O) groups is 3. The first-order valence-corrected chi connectivity index (χ1v) is 12.0. The topological polar surface area (TPSA) is 90.9 Å². The van der Waals surface area contributed by atoms with E-state index in [9.17, 15) is 14.4 Å². The Morgan fingerprint density at radius 2 is 1.48 bits per heavy atom. The maximum absolute atomic E-state index is 12.3. The van der Waals surface area contributed by atoms with Crippen molar-refractivity contribution in [2.45, 2.75) is 83.8 Å². The summed E-state index contributed by atoms with van der Waals surface area (Å²) in [4.78, 5) is 35.0. The van der Waals surface area contributed by atoms with E-state index in [0.717, 1.165) is 6.42 Å². The van der Waals surface area contributed by atoms with Crippen LogP contribution in [-0.4, -0.2) is 73.2 Å². The SMILES string of the molecule is CC(=O)CCOCC(COCCC(=O)C(C)C)NC(=O)COCCC(C)(C)SC(C)C. The fraction of sp³-hybridized carbons (Fsp3) is 0.870. The zero-order valence-corrected chi connectivity index (χ0v) is 21.3.